The van der Waals surface area contributed by atoms with Crippen LogP contribution in [0.2, 0.25) is 0 Å². The number of hydrogen-bond donors (Lipinski definition) is 1. The molecule has 0 aliphatic carbocycles. The molecule has 24 heavy (non-hydrogen) atoms. The normalized spacial score (nSPS) is 10.7. The number of aryl methyl sites for hydroxylation is 1. The molecule has 0 aliphatic heterocycles. The van der Waals surface area contributed by atoms with Crippen LogP contribution in [0.3, 0.4) is 0 Å². The number of carbonyl (C=O) groups is 2. The van der Waals surface area contributed by atoms with Crippen molar-refractivity contribution in [1.29, 1.82) is 0 Å². The molecular formula is C18H23N3O2S. The molecule has 2 rings (SSSR count). The van der Waals surface area contributed by atoms with Gasteiger partial charge in [0.2, 0.25) is 11.8 Å². The van der Waals surface area contributed by atoms with Crippen molar-refractivity contribution >= 4 is 28.8 Å². The number of likely N-dealkylation sites (N-methyl/N-ethyl adjacent to an activating group) is 2. The van der Waals surface area contributed by atoms with Gasteiger partial charge >= 0.3 is 0 Å². The van der Waals surface area contributed by atoms with Gasteiger partial charge in [0.05, 0.1) is 13.1 Å². The summed E-state index contributed by atoms with van der Waals surface area (Å²) < 4.78 is 0. The van der Waals surface area contributed by atoms with Gasteiger partial charge in [-0.25, -0.2) is 0 Å². The van der Waals surface area contributed by atoms with Crippen molar-refractivity contribution in [2.24, 2.45) is 0 Å². The summed E-state index contributed by atoms with van der Waals surface area (Å²) in [6, 6.07) is 9.64. The maximum absolute atomic E-state index is 12.2. The number of amides is 2. The molecule has 6 heteroatoms. The molecule has 2 amide bonds. The van der Waals surface area contributed by atoms with Gasteiger partial charge in [-0.2, -0.15) is 11.3 Å². The molecule has 0 spiro atoms. The number of rotatable bonds is 7. The van der Waals surface area contributed by atoms with Gasteiger partial charge in [0.15, 0.2) is 0 Å². The SMILES string of the molecule is Cc1ccc(NC(=O)CN(C)CC(=O)N(C)Cc2ccsc2)cc1. The Labute approximate surface area is 146 Å². The summed E-state index contributed by atoms with van der Waals surface area (Å²) in [5.41, 5.74) is 3.03. The van der Waals surface area contributed by atoms with E-state index in [0.717, 1.165) is 16.8 Å². The van der Waals surface area contributed by atoms with E-state index in [-0.39, 0.29) is 24.9 Å². The zero-order valence-corrected chi connectivity index (χ0v) is 15.1. The largest absolute Gasteiger partial charge is 0.340 e. The highest BCUT2D eigenvalue weighted by Crippen LogP contribution is 2.09. The average Bonchev–Trinajstić information content (AvgIpc) is 3.02. The van der Waals surface area contributed by atoms with Crippen LogP contribution in [-0.4, -0.2) is 48.8 Å². The number of carbonyl (C=O) groups excluding carboxylic acids is 2. The summed E-state index contributed by atoms with van der Waals surface area (Å²) >= 11 is 1.62. The van der Waals surface area contributed by atoms with Gasteiger partial charge in [-0.15, -0.1) is 0 Å². The second-order valence-electron chi connectivity index (χ2n) is 5.97. The van der Waals surface area contributed by atoms with E-state index in [9.17, 15) is 9.59 Å². The topological polar surface area (TPSA) is 52.7 Å². The first kappa shape index (κ1) is 18.2. The number of benzene rings is 1. The summed E-state index contributed by atoms with van der Waals surface area (Å²) in [7, 11) is 3.55. The van der Waals surface area contributed by atoms with Crippen LogP contribution in [0.1, 0.15) is 11.1 Å². The molecule has 0 atom stereocenters. The number of hydrogen-bond acceptors (Lipinski definition) is 4. The number of nitrogens with zero attached hydrogens (tertiary/aromatic N) is 2. The van der Waals surface area contributed by atoms with Gasteiger partial charge in [0.25, 0.3) is 0 Å². The Morgan fingerprint density at radius 1 is 1.08 bits per heavy atom. The van der Waals surface area contributed by atoms with Crippen molar-refractivity contribution in [3.8, 4) is 0 Å². The smallest absolute Gasteiger partial charge is 0.238 e. The number of nitrogens with one attached hydrogen (secondary N) is 1. The molecule has 1 aromatic carbocycles. The molecule has 1 heterocycles. The maximum Gasteiger partial charge on any atom is 0.238 e. The van der Waals surface area contributed by atoms with Crippen molar-refractivity contribution in [1.82, 2.24) is 9.80 Å². The summed E-state index contributed by atoms with van der Waals surface area (Å²) in [6.07, 6.45) is 0. The second kappa shape index (κ2) is 8.61. The quantitative estimate of drug-likeness (QED) is 0.839. The zero-order chi connectivity index (χ0) is 17.5. The van der Waals surface area contributed by atoms with E-state index in [2.05, 4.69) is 5.32 Å². The molecule has 0 saturated heterocycles. The van der Waals surface area contributed by atoms with E-state index in [4.69, 9.17) is 0 Å². The molecular weight excluding hydrogens is 322 g/mol. The predicted octanol–water partition coefficient (Wildman–Crippen LogP) is 2.59. The van der Waals surface area contributed by atoms with Gasteiger partial charge in [-0.05, 0) is 48.5 Å². The lowest BCUT2D eigenvalue weighted by Gasteiger charge is -2.21. The Bertz CT molecular complexity index is 668. The van der Waals surface area contributed by atoms with Crippen LogP contribution in [-0.2, 0) is 16.1 Å². The number of thiophene rings is 1. The Kier molecular flexibility index (Phi) is 6.52. The van der Waals surface area contributed by atoms with Gasteiger partial charge in [-0.1, -0.05) is 17.7 Å². The molecule has 0 aliphatic rings. The molecule has 128 valence electrons. The van der Waals surface area contributed by atoms with Crippen LogP contribution in [0.4, 0.5) is 5.69 Å². The maximum atomic E-state index is 12.2. The van der Waals surface area contributed by atoms with E-state index in [1.54, 1.807) is 35.2 Å². The molecule has 1 aromatic heterocycles. The second-order valence-corrected chi connectivity index (χ2v) is 6.75. The van der Waals surface area contributed by atoms with Gasteiger partial charge < -0.3 is 10.2 Å². The lowest BCUT2D eigenvalue weighted by Crippen LogP contribution is -2.39. The monoisotopic (exact) mass is 345 g/mol. The fraction of sp³-hybridized carbons (Fsp3) is 0.333. The molecule has 0 fully saturated rings. The van der Waals surface area contributed by atoms with E-state index < -0.39 is 0 Å². The summed E-state index contributed by atoms with van der Waals surface area (Å²) in [5, 5.41) is 6.86. The summed E-state index contributed by atoms with van der Waals surface area (Å²) in [4.78, 5) is 27.6. The standard InChI is InChI=1S/C18H23N3O2S/c1-14-4-6-16(7-5-14)19-17(22)11-20(2)12-18(23)21(3)10-15-8-9-24-13-15/h4-9,13H,10-12H2,1-3H3,(H,19,22). The van der Waals surface area contributed by atoms with Crippen molar-refractivity contribution in [2.45, 2.75) is 13.5 Å². The number of anilines is 1. The molecule has 0 radical (unpaired) electrons. The Hall–Kier alpha value is -2.18. The first-order valence-corrected chi connectivity index (χ1v) is 8.68. The Morgan fingerprint density at radius 3 is 2.42 bits per heavy atom. The molecule has 0 unspecified atom stereocenters. The van der Waals surface area contributed by atoms with Crippen molar-refractivity contribution in [2.75, 3.05) is 32.5 Å². The van der Waals surface area contributed by atoms with Gasteiger partial charge in [0, 0.05) is 19.3 Å². The van der Waals surface area contributed by atoms with E-state index >= 15 is 0 Å². The highest BCUT2D eigenvalue weighted by molar-refractivity contribution is 7.07. The van der Waals surface area contributed by atoms with Crippen molar-refractivity contribution < 1.29 is 9.59 Å². The van der Waals surface area contributed by atoms with E-state index in [0.29, 0.717) is 6.54 Å². The van der Waals surface area contributed by atoms with E-state index in [1.807, 2.05) is 48.0 Å². The summed E-state index contributed by atoms with van der Waals surface area (Å²) in [5.74, 6) is -0.138. The molecule has 5 nitrogen and oxygen atoms in total. The minimum atomic E-state index is -0.130. The van der Waals surface area contributed by atoms with Crippen molar-refractivity contribution in [3.63, 3.8) is 0 Å². The van der Waals surface area contributed by atoms with E-state index in [1.165, 1.54) is 0 Å². The molecule has 0 bridgehead atoms. The minimum Gasteiger partial charge on any atom is -0.340 e. The Balaban J connectivity index is 1.76. The van der Waals surface area contributed by atoms with Crippen molar-refractivity contribution in [3.05, 3.63) is 52.2 Å². The fourth-order valence-corrected chi connectivity index (χ4v) is 2.89. The first-order valence-electron chi connectivity index (χ1n) is 7.74. The zero-order valence-electron chi connectivity index (χ0n) is 14.3. The van der Waals surface area contributed by atoms with Crippen LogP contribution in [0.25, 0.3) is 0 Å². The predicted molar refractivity (Wildman–Crippen MR) is 98.1 cm³/mol. The average molecular weight is 345 g/mol. The first-order chi connectivity index (χ1) is 11.4. The lowest BCUT2D eigenvalue weighted by atomic mass is 10.2. The highest BCUT2D eigenvalue weighted by Gasteiger charge is 2.14. The fourth-order valence-electron chi connectivity index (χ4n) is 2.23. The van der Waals surface area contributed by atoms with Gasteiger partial charge in [-0.3, -0.25) is 14.5 Å². The lowest BCUT2D eigenvalue weighted by molar-refractivity contribution is -0.131. The van der Waals surface area contributed by atoms with Crippen LogP contribution in [0, 0.1) is 6.92 Å². The molecule has 0 saturated carbocycles. The van der Waals surface area contributed by atoms with Gasteiger partial charge in [0.1, 0.15) is 0 Å². The third-order valence-electron chi connectivity index (χ3n) is 3.58. The third kappa shape index (κ3) is 5.79. The van der Waals surface area contributed by atoms with Crippen LogP contribution >= 0.6 is 11.3 Å². The van der Waals surface area contributed by atoms with Crippen LogP contribution < -0.4 is 5.32 Å². The molecule has 2 aromatic rings. The summed E-state index contributed by atoms with van der Waals surface area (Å²) in [6.45, 7) is 2.97. The molecule has 1 N–H and O–H groups in total. The Morgan fingerprint density at radius 2 is 1.79 bits per heavy atom. The minimum absolute atomic E-state index is 0.00756. The van der Waals surface area contributed by atoms with Crippen LogP contribution in [0.15, 0.2) is 41.1 Å². The third-order valence-corrected chi connectivity index (χ3v) is 4.31. The van der Waals surface area contributed by atoms with Crippen LogP contribution in [0.5, 0.6) is 0 Å². The highest BCUT2D eigenvalue weighted by atomic mass is 32.1.